The van der Waals surface area contributed by atoms with Crippen LogP contribution in [0, 0.1) is 30.6 Å². The van der Waals surface area contributed by atoms with E-state index in [1.54, 1.807) is 6.33 Å². The minimum Gasteiger partial charge on any atom is -0.602 e. The first kappa shape index (κ1) is 12.3. The first-order valence-corrected chi connectivity index (χ1v) is 3.25. The summed E-state index contributed by atoms with van der Waals surface area (Å²) in [6.07, 6.45) is 5.39. The number of H-pyrrole nitrogens is 2. The van der Waals surface area contributed by atoms with Crippen LogP contribution in [0.15, 0.2) is 18.7 Å². The molecule has 1 aromatic heterocycles. The SMILES string of the molecule is O=[N+]([O-])C([N+](=O)[O-])=[N+]([O-])[O-].c1c[nH+]c[nH]1. The van der Waals surface area contributed by atoms with Crippen molar-refractivity contribution in [2.45, 2.75) is 0 Å². The maximum Gasteiger partial charge on any atom is 0.827 e. The molecule has 1 aromatic rings. The van der Waals surface area contributed by atoms with E-state index in [1.807, 2.05) is 12.4 Å². The van der Waals surface area contributed by atoms with Gasteiger partial charge in [-0.2, -0.15) is 0 Å². The Kier molecular flexibility index (Phi) is 4.79. The minimum atomic E-state index is -2.14. The van der Waals surface area contributed by atoms with Crippen LogP contribution in [0.4, 0.5) is 0 Å². The fraction of sp³-hybridized carbons (Fsp3) is 0. The first-order chi connectivity index (χ1) is 6.96. The molecule has 0 spiro atoms. The van der Waals surface area contributed by atoms with Gasteiger partial charge in [-0.15, -0.1) is 0 Å². The van der Waals surface area contributed by atoms with Crippen molar-refractivity contribution in [1.29, 1.82) is 0 Å². The molecule has 15 heavy (non-hydrogen) atoms. The second-order valence-corrected chi connectivity index (χ2v) is 1.88. The summed E-state index contributed by atoms with van der Waals surface area (Å²) in [5.41, 5.74) is 0. The number of guanidine groups is 1. The van der Waals surface area contributed by atoms with Crippen molar-refractivity contribution in [3.63, 3.8) is 0 Å². The zero-order valence-corrected chi connectivity index (χ0v) is 7.02. The van der Waals surface area contributed by atoms with Crippen LogP contribution in [0.1, 0.15) is 0 Å². The summed E-state index contributed by atoms with van der Waals surface area (Å²) in [4.78, 5) is 19.5. The van der Waals surface area contributed by atoms with Crippen molar-refractivity contribution in [3.8, 4) is 0 Å². The average Bonchev–Trinajstić information content (AvgIpc) is 2.56. The topological polar surface area (TPSA) is 165 Å². The summed E-state index contributed by atoms with van der Waals surface area (Å²) in [6, 6.07) is 0. The number of rotatable bonds is 0. The summed E-state index contributed by atoms with van der Waals surface area (Å²) >= 11 is 0. The third-order valence-corrected chi connectivity index (χ3v) is 0.932. The number of aromatic nitrogens is 2. The molecule has 0 amide bonds. The Hall–Kier alpha value is -2.72. The molecule has 0 bridgehead atoms. The van der Waals surface area contributed by atoms with Gasteiger partial charge < -0.3 is 10.4 Å². The van der Waals surface area contributed by atoms with Crippen LogP contribution >= 0.6 is 0 Å². The third-order valence-electron chi connectivity index (χ3n) is 0.932. The van der Waals surface area contributed by atoms with Gasteiger partial charge in [0.05, 0.1) is 0 Å². The smallest absolute Gasteiger partial charge is 0.602 e. The largest absolute Gasteiger partial charge is 0.827 e. The highest BCUT2D eigenvalue weighted by Crippen LogP contribution is 1.80. The lowest BCUT2D eigenvalue weighted by molar-refractivity contribution is -0.595. The fourth-order valence-corrected chi connectivity index (χ4v) is 0.441. The second-order valence-electron chi connectivity index (χ2n) is 1.88. The standard InChI is InChI=1S/C3H4N2.CN3O6/c1-2-5-3-4-1;5-2(6)1(3(7)8)4(9)10/h1-3H,(H,4,5);/q;-1/p+1. The zero-order chi connectivity index (χ0) is 11.8. The van der Waals surface area contributed by atoms with Crippen molar-refractivity contribution in [1.82, 2.24) is 4.98 Å². The molecule has 0 atom stereocenters. The maximum atomic E-state index is 9.47. The number of nitrogens with one attached hydrogen (secondary N) is 2. The van der Waals surface area contributed by atoms with Crippen LogP contribution in [-0.2, 0) is 0 Å². The van der Waals surface area contributed by atoms with Crippen LogP contribution in [-0.4, -0.2) is 25.7 Å². The van der Waals surface area contributed by atoms with E-state index in [1.165, 1.54) is 0 Å². The Morgan fingerprint density at radius 1 is 1.13 bits per heavy atom. The molecule has 1 heterocycles. The van der Waals surface area contributed by atoms with Gasteiger partial charge in [0.2, 0.25) is 16.2 Å². The van der Waals surface area contributed by atoms with Crippen molar-refractivity contribution in [3.05, 3.63) is 49.4 Å². The average molecular weight is 219 g/mol. The van der Waals surface area contributed by atoms with Crippen molar-refractivity contribution in [2.24, 2.45) is 0 Å². The lowest BCUT2D eigenvalue weighted by atomic mass is 11.0. The Morgan fingerprint density at radius 3 is 1.73 bits per heavy atom. The highest BCUT2D eigenvalue weighted by molar-refractivity contribution is 5.56. The van der Waals surface area contributed by atoms with E-state index in [4.69, 9.17) is 0 Å². The first-order valence-electron chi connectivity index (χ1n) is 3.25. The molecular weight excluding hydrogens is 214 g/mol. The number of aromatic amines is 2. The molecule has 0 saturated carbocycles. The van der Waals surface area contributed by atoms with E-state index in [0.29, 0.717) is 0 Å². The van der Waals surface area contributed by atoms with Gasteiger partial charge in [-0.1, -0.05) is 0 Å². The van der Waals surface area contributed by atoms with Gasteiger partial charge >= 0.3 is 5.96 Å². The molecule has 11 heteroatoms. The lowest BCUT2D eigenvalue weighted by Gasteiger charge is -1.94. The highest BCUT2D eigenvalue weighted by atomic mass is 16.8. The quantitative estimate of drug-likeness (QED) is 0.188. The molecule has 2 N–H and O–H groups in total. The molecule has 0 radical (unpaired) electrons. The summed E-state index contributed by atoms with van der Waals surface area (Å²) < 4.78 is 0. The van der Waals surface area contributed by atoms with Gasteiger partial charge in [0.25, 0.3) is 0 Å². The van der Waals surface area contributed by atoms with Crippen molar-refractivity contribution in [2.75, 3.05) is 0 Å². The lowest BCUT2D eigenvalue weighted by Crippen LogP contribution is -2.28. The fourth-order valence-electron chi connectivity index (χ4n) is 0.441. The molecule has 0 aliphatic heterocycles. The number of nitro groups is 2. The Bertz CT molecular complexity index is 320. The summed E-state index contributed by atoms with van der Waals surface area (Å²) in [7, 11) is 0. The van der Waals surface area contributed by atoms with Gasteiger partial charge in [0.1, 0.15) is 12.4 Å². The molecule has 0 saturated heterocycles. The maximum absolute atomic E-state index is 9.47. The summed E-state index contributed by atoms with van der Waals surface area (Å²) in [6.45, 7) is 0. The van der Waals surface area contributed by atoms with E-state index < -0.39 is 20.7 Å². The molecule has 0 unspecified atom stereocenters. The van der Waals surface area contributed by atoms with Crippen LogP contribution < -0.4 is 4.98 Å². The number of nitrogens with zero attached hydrogens (tertiary/aromatic N) is 3. The van der Waals surface area contributed by atoms with Gasteiger partial charge in [-0.05, 0) is 4.90 Å². The number of hydrogen-bond acceptors (Lipinski definition) is 6. The van der Waals surface area contributed by atoms with E-state index >= 15 is 0 Å². The molecule has 0 aliphatic carbocycles. The van der Waals surface area contributed by atoms with Gasteiger partial charge in [-0.25, -0.2) is 20.2 Å². The van der Waals surface area contributed by atoms with E-state index in [9.17, 15) is 30.6 Å². The van der Waals surface area contributed by atoms with Gasteiger partial charge in [-0.3, -0.25) is 9.97 Å². The summed E-state index contributed by atoms with van der Waals surface area (Å²) in [5.74, 6) is -2.14. The van der Waals surface area contributed by atoms with Crippen LogP contribution in [0.25, 0.3) is 0 Å². The van der Waals surface area contributed by atoms with Crippen LogP contribution in [0.5, 0.6) is 0 Å². The molecule has 0 aliphatic rings. The predicted molar refractivity (Wildman–Crippen MR) is 43.3 cm³/mol. The van der Waals surface area contributed by atoms with E-state index in [-0.39, 0.29) is 0 Å². The van der Waals surface area contributed by atoms with Crippen molar-refractivity contribution >= 4 is 5.96 Å². The van der Waals surface area contributed by atoms with E-state index in [2.05, 4.69) is 9.97 Å². The number of imidazole rings is 1. The molecule has 11 nitrogen and oxygen atoms in total. The normalized spacial score (nSPS) is 8.27. The van der Waals surface area contributed by atoms with Crippen LogP contribution in [0.2, 0.25) is 0 Å². The zero-order valence-electron chi connectivity index (χ0n) is 7.02. The Labute approximate surface area is 81.1 Å². The van der Waals surface area contributed by atoms with Crippen LogP contribution in [0.3, 0.4) is 0 Å². The number of hydrogen-bond donors (Lipinski definition) is 1. The van der Waals surface area contributed by atoms with E-state index in [0.717, 1.165) is 0 Å². The summed E-state index contributed by atoms with van der Waals surface area (Å²) in [5, 5.41) is 37.9. The molecule has 1 rings (SSSR count). The third kappa shape index (κ3) is 4.76. The predicted octanol–water partition coefficient (Wildman–Crippen LogP) is -1.27. The second kappa shape index (κ2) is 5.85. The Morgan fingerprint density at radius 2 is 1.67 bits per heavy atom. The molecule has 0 fully saturated rings. The van der Waals surface area contributed by atoms with Gasteiger partial charge in [0.15, 0.2) is 0 Å². The Balaban J connectivity index is 0.000000322. The molecule has 82 valence electrons. The molecular formula is C4H5N5O6. The molecule has 0 aromatic carbocycles. The minimum absolute atomic E-state index is 1.67. The van der Waals surface area contributed by atoms with Gasteiger partial charge in [0, 0.05) is 0 Å². The monoisotopic (exact) mass is 219 g/mol. The van der Waals surface area contributed by atoms with Crippen molar-refractivity contribution < 1.29 is 19.7 Å². The highest BCUT2D eigenvalue weighted by Gasteiger charge is 2.37.